The van der Waals surface area contributed by atoms with Gasteiger partial charge >= 0.3 is 5.97 Å². The van der Waals surface area contributed by atoms with Crippen molar-refractivity contribution in [3.05, 3.63) is 28.0 Å². The van der Waals surface area contributed by atoms with Gasteiger partial charge in [0.25, 0.3) is 6.43 Å². The Morgan fingerprint density at radius 3 is 2.76 bits per heavy atom. The summed E-state index contributed by atoms with van der Waals surface area (Å²) in [6.45, 7) is 1.68. The standard InChI is InChI=1S/C10H9BrClF2NO2/c1-2-17-10(16)5-4-15-6(3-11)8(12)7(5)9(13)14/h4,9H,2-3H2,1H3. The molecule has 0 aliphatic heterocycles. The van der Waals surface area contributed by atoms with E-state index in [4.69, 9.17) is 11.6 Å². The Balaban J connectivity index is 3.31. The monoisotopic (exact) mass is 327 g/mol. The van der Waals surface area contributed by atoms with Crippen LogP contribution in [-0.4, -0.2) is 17.6 Å². The minimum absolute atomic E-state index is 0.0966. The molecule has 0 unspecified atom stereocenters. The summed E-state index contributed by atoms with van der Waals surface area (Å²) in [5.41, 5.74) is -0.568. The van der Waals surface area contributed by atoms with E-state index in [0.29, 0.717) is 0 Å². The normalized spacial score (nSPS) is 10.7. The third kappa shape index (κ3) is 3.13. The first kappa shape index (κ1) is 14.3. The van der Waals surface area contributed by atoms with Crippen molar-refractivity contribution in [1.29, 1.82) is 0 Å². The smallest absolute Gasteiger partial charge is 0.340 e. The fraction of sp³-hybridized carbons (Fsp3) is 0.400. The van der Waals surface area contributed by atoms with Gasteiger partial charge in [-0.15, -0.1) is 0 Å². The molecule has 1 aromatic heterocycles. The molecule has 0 saturated heterocycles. The molecule has 1 rings (SSSR count). The van der Waals surface area contributed by atoms with Crippen molar-refractivity contribution in [3.63, 3.8) is 0 Å². The molecule has 3 nitrogen and oxygen atoms in total. The lowest BCUT2D eigenvalue weighted by Gasteiger charge is -2.11. The highest BCUT2D eigenvalue weighted by atomic mass is 79.9. The Hall–Kier alpha value is -0.750. The molecule has 1 aromatic rings. The van der Waals surface area contributed by atoms with Gasteiger partial charge in [0.05, 0.1) is 28.5 Å². The molecular weight excluding hydrogens is 319 g/mol. The van der Waals surface area contributed by atoms with Crippen molar-refractivity contribution >= 4 is 33.5 Å². The number of esters is 1. The average molecular weight is 329 g/mol. The first-order chi connectivity index (χ1) is 8.02. The van der Waals surface area contributed by atoms with Gasteiger partial charge in [0.15, 0.2) is 0 Å². The zero-order valence-electron chi connectivity index (χ0n) is 8.84. The van der Waals surface area contributed by atoms with Crippen molar-refractivity contribution in [2.75, 3.05) is 6.61 Å². The van der Waals surface area contributed by atoms with E-state index < -0.39 is 18.0 Å². The molecule has 0 spiro atoms. The number of carbonyl (C=O) groups is 1. The number of aromatic nitrogens is 1. The van der Waals surface area contributed by atoms with Crippen molar-refractivity contribution in [2.45, 2.75) is 18.7 Å². The van der Waals surface area contributed by atoms with Crippen LogP contribution in [0.25, 0.3) is 0 Å². The van der Waals surface area contributed by atoms with E-state index >= 15 is 0 Å². The number of carbonyl (C=O) groups excluding carboxylic acids is 1. The molecule has 0 fully saturated rings. The van der Waals surface area contributed by atoms with Gasteiger partial charge < -0.3 is 4.74 Å². The summed E-state index contributed by atoms with van der Waals surface area (Å²) < 4.78 is 30.4. The Morgan fingerprint density at radius 2 is 2.29 bits per heavy atom. The van der Waals surface area contributed by atoms with Gasteiger partial charge in [-0.3, -0.25) is 4.98 Å². The molecule has 0 aliphatic rings. The SMILES string of the molecule is CCOC(=O)c1cnc(CBr)c(Cl)c1C(F)F. The molecule has 0 bridgehead atoms. The van der Waals surface area contributed by atoms with E-state index in [1.165, 1.54) is 0 Å². The molecule has 1 heterocycles. The second-order valence-electron chi connectivity index (χ2n) is 3.00. The zero-order chi connectivity index (χ0) is 13.0. The molecule has 0 saturated carbocycles. The summed E-state index contributed by atoms with van der Waals surface area (Å²) in [4.78, 5) is 15.3. The van der Waals surface area contributed by atoms with Crippen molar-refractivity contribution in [3.8, 4) is 0 Å². The summed E-state index contributed by atoms with van der Waals surface area (Å²) in [5.74, 6) is -0.849. The molecule has 0 amide bonds. The quantitative estimate of drug-likeness (QED) is 0.624. The first-order valence-corrected chi connectivity index (χ1v) is 6.21. The maximum Gasteiger partial charge on any atom is 0.340 e. The largest absolute Gasteiger partial charge is 0.462 e. The summed E-state index contributed by atoms with van der Waals surface area (Å²) in [6.07, 6.45) is -1.80. The number of halogens is 4. The average Bonchev–Trinajstić information content (AvgIpc) is 2.28. The van der Waals surface area contributed by atoms with Gasteiger partial charge in [0.1, 0.15) is 0 Å². The minimum Gasteiger partial charge on any atom is -0.462 e. The van der Waals surface area contributed by atoms with E-state index in [0.717, 1.165) is 6.20 Å². The molecule has 0 aliphatic carbocycles. The summed E-state index contributed by atoms with van der Waals surface area (Å²) in [6, 6.07) is 0. The topological polar surface area (TPSA) is 39.2 Å². The van der Waals surface area contributed by atoms with Gasteiger partial charge in [0, 0.05) is 11.5 Å². The number of pyridine rings is 1. The van der Waals surface area contributed by atoms with Gasteiger partial charge in [0.2, 0.25) is 0 Å². The number of hydrogen-bond acceptors (Lipinski definition) is 3. The van der Waals surface area contributed by atoms with Crippen LogP contribution in [0.2, 0.25) is 5.02 Å². The van der Waals surface area contributed by atoms with E-state index in [-0.39, 0.29) is 28.2 Å². The molecule has 7 heteroatoms. The van der Waals surface area contributed by atoms with Crippen LogP contribution in [0.3, 0.4) is 0 Å². The third-order valence-corrected chi connectivity index (χ3v) is 2.92. The molecule has 17 heavy (non-hydrogen) atoms. The predicted octanol–water partition coefficient (Wildman–Crippen LogP) is 3.74. The lowest BCUT2D eigenvalue weighted by atomic mass is 10.1. The van der Waals surface area contributed by atoms with E-state index in [9.17, 15) is 13.6 Å². The predicted molar refractivity (Wildman–Crippen MR) is 62.8 cm³/mol. The summed E-state index contributed by atoms with van der Waals surface area (Å²) >= 11 is 8.85. The van der Waals surface area contributed by atoms with E-state index in [1.54, 1.807) is 6.92 Å². The van der Waals surface area contributed by atoms with Crippen LogP contribution in [0.4, 0.5) is 8.78 Å². The fourth-order valence-electron chi connectivity index (χ4n) is 1.22. The Morgan fingerprint density at radius 1 is 1.65 bits per heavy atom. The van der Waals surface area contributed by atoms with Crippen molar-refractivity contribution < 1.29 is 18.3 Å². The number of ether oxygens (including phenoxy) is 1. The molecule has 0 aromatic carbocycles. The van der Waals surface area contributed by atoms with Gasteiger partial charge in [-0.1, -0.05) is 27.5 Å². The molecule has 0 radical (unpaired) electrons. The Bertz CT molecular complexity index is 429. The van der Waals surface area contributed by atoms with Crippen molar-refractivity contribution in [1.82, 2.24) is 4.98 Å². The van der Waals surface area contributed by atoms with Gasteiger partial charge in [-0.25, -0.2) is 13.6 Å². The minimum atomic E-state index is -2.86. The zero-order valence-corrected chi connectivity index (χ0v) is 11.2. The number of nitrogens with zero attached hydrogens (tertiary/aromatic N) is 1. The lowest BCUT2D eigenvalue weighted by Crippen LogP contribution is -2.11. The third-order valence-electron chi connectivity index (χ3n) is 1.97. The molecule has 0 N–H and O–H groups in total. The van der Waals surface area contributed by atoms with Gasteiger partial charge in [-0.2, -0.15) is 0 Å². The van der Waals surface area contributed by atoms with Crippen molar-refractivity contribution in [2.24, 2.45) is 0 Å². The van der Waals surface area contributed by atoms with Crippen LogP contribution in [0, 0.1) is 0 Å². The highest BCUT2D eigenvalue weighted by molar-refractivity contribution is 9.08. The highest BCUT2D eigenvalue weighted by Gasteiger charge is 2.25. The first-order valence-electron chi connectivity index (χ1n) is 4.71. The van der Waals surface area contributed by atoms with Gasteiger partial charge in [-0.05, 0) is 6.92 Å². The van der Waals surface area contributed by atoms with Crippen LogP contribution in [-0.2, 0) is 10.1 Å². The summed E-state index contributed by atoms with van der Waals surface area (Å²) in [7, 11) is 0. The fourth-order valence-corrected chi connectivity index (χ4v) is 2.11. The van der Waals surface area contributed by atoms with Crippen LogP contribution < -0.4 is 0 Å². The number of hydrogen-bond donors (Lipinski definition) is 0. The van der Waals surface area contributed by atoms with Crippen LogP contribution in [0.1, 0.15) is 35.0 Å². The van der Waals surface area contributed by atoms with Crippen LogP contribution in [0.15, 0.2) is 6.20 Å². The number of rotatable bonds is 4. The molecular formula is C10H9BrClF2NO2. The van der Waals surface area contributed by atoms with Crippen LogP contribution in [0.5, 0.6) is 0 Å². The lowest BCUT2D eigenvalue weighted by molar-refractivity contribution is 0.0515. The van der Waals surface area contributed by atoms with E-state index in [2.05, 4.69) is 25.7 Å². The maximum atomic E-state index is 12.9. The second-order valence-corrected chi connectivity index (χ2v) is 3.94. The highest BCUT2D eigenvalue weighted by Crippen LogP contribution is 2.33. The molecule has 94 valence electrons. The maximum absolute atomic E-state index is 12.9. The molecule has 0 atom stereocenters. The second kappa shape index (κ2) is 6.26. The Labute approximate surface area is 110 Å². The number of alkyl halides is 3. The van der Waals surface area contributed by atoms with E-state index in [1.807, 2.05) is 0 Å². The Kier molecular flexibility index (Phi) is 5.27. The summed E-state index contributed by atoms with van der Waals surface area (Å²) in [5, 5.41) is 0.0247. The van der Waals surface area contributed by atoms with Crippen LogP contribution >= 0.6 is 27.5 Å².